The van der Waals surface area contributed by atoms with Crippen LogP contribution in [0.4, 0.5) is 0 Å². The van der Waals surface area contributed by atoms with E-state index in [-0.39, 0.29) is 0 Å². The molecule has 0 saturated carbocycles. The Labute approximate surface area is 128 Å². The third-order valence-corrected chi connectivity index (χ3v) is 3.53. The zero-order valence-corrected chi connectivity index (χ0v) is 12.9. The highest BCUT2D eigenvalue weighted by Gasteiger charge is 2.08. The number of ether oxygens (including phenoxy) is 1. The highest BCUT2D eigenvalue weighted by Crippen LogP contribution is 2.16. The van der Waals surface area contributed by atoms with Crippen LogP contribution in [0, 0.1) is 17.2 Å². The summed E-state index contributed by atoms with van der Waals surface area (Å²) in [6.07, 6.45) is 0. The highest BCUT2D eigenvalue weighted by atomic mass is 32.2. The van der Waals surface area contributed by atoms with Gasteiger partial charge in [-0.15, -0.1) is 5.10 Å². The van der Waals surface area contributed by atoms with Gasteiger partial charge in [0.25, 0.3) is 0 Å². The lowest BCUT2D eigenvalue weighted by Gasteiger charge is -2.07. The Bertz CT molecular complexity index is 603. The lowest BCUT2D eigenvalue weighted by atomic mass is 10.2. The van der Waals surface area contributed by atoms with Gasteiger partial charge in [0.15, 0.2) is 0 Å². The number of benzene rings is 1. The van der Waals surface area contributed by atoms with E-state index in [1.165, 1.54) is 0 Å². The maximum absolute atomic E-state index is 8.72. The molecule has 2 aromatic rings. The number of thioether (sulfide) groups is 1. The van der Waals surface area contributed by atoms with E-state index in [4.69, 9.17) is 10.00 Å². The molecular formula is C14H17N5OS. The summed E-state index contributed by atoms with van der Waals surface area (Å²) in [4.78, 5) is 0. The van der Waals surface area contributed by atoms with Gasteiger partial charge >= 0.3 is 0 Å². The molecule has 0 aliphatic heterocycles. The smallest absolute Gasteiger partial charge is 0.209 e. The monoisotopic (exact) mass is 303 g/mol. The second kappa shape index (κ2) is 7.64. The summed E-state index contributed by atoms with van der Waals surface area (Å²) in [5, 5.41) is 21.2. The predicted octanol–water partition coefficient (Wildman–Crippen LogP) is 2.37. The first-order valence-electron chi connectivity index (χ1n) is 6.71. The molecule has 0 aliphatic carbocycles. The van der Waals surface area contributed by atoms with E-state index in [9.17, 15) is 0 Å². The molecule has 0 bridgehead atoms. The maximum Gasteiger partial charge on any atom is 0.209 e. The minimum Gasteiger partial charge on any atom is -0.493 e. The van der Waals surface area contributed by atoms with Crippen molar-refractivity contribution < 1.29 is 4.74 Å². The fourth-order valence-corrected chi connectivity index (χ4v) is 2.38. The van der Waals surface area contributed by atoms with Gasteiger partial charge in [0.2, 0.25) is 5.16 Å². The van der Waals surface area contributed by atoms with Gasteiger partial charge in [-0.2, -0.15) is 5.26 Å². The van der Waals surface area contributed by atoms with Crippen LogP contribution in [0.1, 0.15) is 19.4 Å². The molecule has 0 fully saturated rings. The molecule has 0 radical (unpaired) electrons. The molecule has 1 aromatic carbocycles. The number of rotatable bonds is 7. The standard InChI is InChI=1S/C14H17N5OS/c1-11(2)10-19-14(16-17-18-19)21-8-7-20-13-5-3-12(9-15)4-6-13/h3-6,11H,7-8,10H2,1-2H3. The molecule has 0 amide bonds. The molecule has 0 unspecified atom stereocenters. The quantitative estimate of drug-likeness (QED) is 0.577. The zero-order chi connectivity index (χ0) is 15.1. The fourth-order valence-electron chi connectivity index (χ4n) is 1.68. The van der Waals surface area contributed by atoms with E-state index in [1.54, 1.807) is 36.0 Å². The van der Waals surface area contributed by atoms with Gasteiger partial charge in [-0.05, 0) is 40.6 Å². The predicted molar refractivity (Wildman–Crippen MR) is 80.0 cm³/mol. The Morgan fingerprint density at radius 1 is 1.33 bits per heavy atom. The minimum absolute atomic E-state index is 0.503. The van der Waals surface area contributed by atoms with Crippen molar-refractivity contribution >= 4 is 11.8 Å². The molecular weight excluding hydrogens is 286 g/mol. The molecule has 6 nitrogen and oxygen atoms in total. The van der Waals surface area contributed by atoms with Crippen LogP contribution < -0.4 is 4.74 Å². The normalized spacial score (nSPS) is 10.6. The van der Waals surface area contributed by atoms with Gasteiger partial charge in [-0.1, -0.05) is 25.6 Å². The molecule has 1 aromatic heterocycles. The van der Waals surface area contributed by atoms with Gasteiger partial charge in [0.1, 0.15) is 5.75 Å². The SMILES string of the molecule is CC(C)Cn1nnnc1SCCOc1ccc(C#N)cc1. The number of nitriles is 1. The number of tetrazole rings is 1. The number of hydrogen-bond acceptors (Lipinski definition) is 6. The minimum atomic E-state index is 0.503. The van der Waals surface area contributed by atoms with Gasteiger partial charge in [0.05, 0.1) is 18.2 Å². The third kappa shape index (κ3) is 4.76. The summed E-state index contributed by atoms with van der Waals surface area (Å²) in [5.41, 5.74) is 0.629. The summed E-state index contributed by atoms with van der Waals surface area (Å²) >= 11 is 1.57. The van der Waals surface area contributed by atoms with E-state index in [1.807, 2.05) is 4.68 Å². The van der Waals surface area contributed by atoms with Crippen LogP contribution in [0.3, 0.4) is 0 Å². The molecule has 0 spiro atoms. The summed E-state index contributed by atoms with van der Waals surface area (Å²) in [6, 6.07) is 9.16. The fraction of sp³-hybridized carbons (Fsp3) is 0.429. The van der Waals surface area contributed by atoms with Crippen molar-refractivity contribution in [2.45, 2.75) is 25.5 Å². The lowest BCUT2D eigenvalue weighted by Crippen LogP contribution is -2.08. The van der Waals surface area contributed by atoms with Crippen molar-refractivity contribution in [2.75, 3.05) is 12.4 Å². The highest BCUT2D eigenvalue weighted by molar-refractivity contribution is 7.99. The van der Waals surface area contributed by atoms with Crippen LogP contribution in [0.5, 0.6) is 5.75 Å². The van der Waals surface area contributed by atoms with E-state index >= 15 is 0 Å². The maximum atomic E-state index is 8.72. The first kappa shape index (κ1) is 15.3. The number of hydrogen-bond donors (Lipinski definition) is 0. The van der Waals surface area contributed by atoms with Crippen LogP contribution in [0.25, 0.3) is 0 Å². The first-order valence-corrected chi connectivity index (χ1v) is 7.69. The van der Waals surface area contributed by atoms with E-state index in [0.717, 1.165) is 23.2 Å². The zero-order valence-electron chi connectivity index (χ0n) is 12.1. The molecule has 2 rings (SSSR count). The Morgan fingerprint density at radius 3 is 2.76 bits per heavy atom. The van der Waals surface area contributed by atoms with Crippen LogP contribution >= 0.6 is 11.8 Å². The third-order valence-electron chi connectivity index (χ3n) is 2.60. The number of aromatic nitrogens is 4. The second-order valence-corrected chi connectivity index (χ2v) is 5.93. The van der Waals surface area contributed by atoms with Gasteiger partial charge in [-0.3, -0.25) is 0 Å². The van der Waals surface area contributed by atoms with Crippen LogP contribution in [0.15, 0.2) is 29.4 Å². The topological polar surface area (TPSA) is 76.6 Å². The summed E-state index contributed by atoms with van der Waals surface area (Å²) in [7, 11) is 0. The van der Waals surface area contributed by atoms with Crippen molar-refractivity contribution in [3.63, 3.8) is 0 Å². The van der Waals surface area contributed by atoms with E-state index in [0.29, 0.717) is 18.1 Å². The Hall–Kier alpha value is -2.07. The second-order valence-electron chi connectivity index (χ2n) is 4.87. The Balaban J connectivity index is 1.77. The molecule has 1 heterocycles. The van der Waals surface area contributed by atoms with Crippen molar-refractivity contribution in [1.82, 2.24) is 20.2 Å². The van der Waals surface area contributed by atoms with Crippen LogP contribution in [-0.2, 0) is 6.54 Å². The molecule has 110 valence electrons. The van der Waals surface area contributed by atoms with Crippen molar-refractivity contribution in [2.24, 2.45) is 5.92 Å². The average Bonchev–Trinajstić information content (AvgIpc) is 2.91. The molecule has 21 heavy (non-hydrogen) atoms. The van der Waals surface area contributed by atoms with Crippen molar-refractivity contribution in [1.29, 1.82) is 5.26 Å². The molecule has 0 saturated heterocycles. The summed E-state index contributed by atoms with van der Waals surface area (Å²) in [5.74, 6) is 2.03. The largest absolute Gasteiger partial charge is 0.493 e. The first-order chi connectivity index (χ1) is 10.2. The average molecular weight is 303 g/mol. The summed E-state index contributed by atoms with van der Waals surface area (Å²) < 4.78 is 7.43. The van der Waals surface area contributed by atoms with Crippen molar-refractivity contribution in [3.05, 3.63) is 29.8 Å². The van der Waals surface area contributed by atoms with Gasteiger partial charge in [0, 0.05) is 12.3 Å². The van der Waals surface area contributed by atoms with E-state index < -0.39 is 0 Å². The molecule has 0 N–H and O–H groups in total. The number of nitrogens with zero attached hydrogens (tertiary/aromatic N) is 5. The van der Waals surface area contributed by atoms with Crippen LogP contribution in [0.2, 0.25) is 0 Å². The Morgan fingerprint density at radius 2 is 2.10 bits per heavy atom. The molecule has 0 atom stereocenters. The van der Waals surface area contributed by atoms with E-state index in [2.05, 4.69) is 35.4 Å². The van der Waals surface area contributed by atoms with Gasteiger partial charge < -0.3 is 4.74 Å². The Kier molecular flexibility index (Phi) is 5.58. The molecule has 0 aliphatic rings. The summed E-state index contributed by atoms with van der Waals surface area (Å²) in [6.45, 7) is 5.63. The lowest BCUT2D eigenvalue weighted by molar-refractivity contribution is 0.343. The van der Waals surface area contributed by atoms with Crippen LogP contribution in [-0.4, -0.2) is 32.6 Å². The van der Waals surface area contributed by atoms with Gasteiger partial charge in [-0.25, -0.2) is 4.68 Å². The van der Waals surface area contributed by atoms with Crippen molar-refractivity contribution in [3.8, 4) is 11.8 Å². The molecule has 7 heteroatoms.